The van der Waals surface area contributed by atoms with Crippen LogP contribution in [-0.4, -0.2) is 0 Å². The van der Waals surface area contributed by atoms with Crippen LogP contribution in [0.1, 0.15) is 24.3 Å². The Bertz CT molecular complexity index is 482. The van der Waals surface area contributed by atoms with Crippen molar-refractivity contribution in [2.24, 2.45) is 0 Å². The van der Waals surface area contributed by atoms with Gasteiger partial charge in [0.05, 0.1) is 22.4 Å². The molecule has 1 aromatic carbocycles. The molecular formula is C13H13Cl2NO. The number of nitrogens with one attached hydrogen (secondary N) is 1. The first-order chi connectivity index (χ1) is 8.18. The number of rotatable bonds is 4. The lowest BCUT2D eigenvalue weighted by Gasteiger charge is -2.12. The van der Waals surface area contributed by atoms with Crippen molar-refractivity contribution in [2.75, 3.05) is 0 Å². The van der Waals surface area contributed by atoms with Crippen LogP contribution in [0.25, 0.3) is 0 Å². The minimum absolute atomic E-state index is 0.139. The number of benzene rings is 1. The Morgan fingerprint density at radius 2 is 2.06 bits per heavy atom. The summed E-state index contributed by atoms with van der Waals surface area (Å²) in [6.45, 7) is 2.69. The van der Waals surface area contributed by atoms with Crippen molar-refractivity contribution in [1.29, 1.82) is 0 Å². The Kier molecular flexibility index (Phi) is 4.11. The second-order valence-corrected chi connectivity index (χ2v) is 4.62. The van der Waals surface area contributed by atoms with Crippen LogP contribution in [0.3, 0.4) is 0 Å². The van der Waals surface area contributed by atoms with Crippen LogP contribution in [0.5, 0.6) is 0 Å². The highest BCUT2D eigenvalue weighted by atomic mass is 35.5. The van der Waals surface area contributed by atoms with Crippen LogP contribution in [0.4, 0.5) is 0 Å². The van der Waals surface area contributed by atoms with Crippen molar-refractivity contribution < 1.29 is 4.42 Å². The van der Waals surface area contributed by atoms with Crippen LogP contribution in [-0.2, 0) is 6.54 Å². The molecule has 90 valence electrons. The predicted molar refractivity (Wildman–Crippen MR) is 70.4 cm³/mol. The van der Waals surface area contributed by atoms with Crippen LogP contribution in [0.2, 0.25) is 10.0 Å². The zero-order valence-electron chi connectivity index (χ0n) is 9.41. The first-order valence-electron chi connectivity index (χ1n) is 5.38. The van der Waals surface area contributed by atoms with Crippen molar-refractivity contribution in [1.82, 2.24) is 5.32 Å². The second-order valence-electron chi connectivity index (χ2n) is 3.83. The molecule has 0 aliphatic carbocycles. The molecule has 0 bridgehead atoms. The highest BCUT2D eigenvalue weighted by molar-refractivity contribution is 6.42. The van der Waals surface area contributed by atoms with Gasteiger partial charge >= 0.3 is 0 Å². The van der Waals surface area contributed by atoms with E-state index in [1.54, 1.807) is 12.3 Å². The fourth-order valence-corrected chi connectivity index (χ4v) is 1.97. The summed E-state index contributed by atoms with van der Waals surface area (Å²) >= 11 is 12.1. The van der Waals surface area contributed by atoms with Gasteiger partial charge in [-0.1, -0.05) is 35.3 Å². The summed E-state index contributed by atoms with van der Waals surface area (Å²) in [6.07, 6.45) is 1.67. The van der Waals surface area contributed by atoms with Gasteiger partial charge in [-0.2, -0.15) is 0 Å². The molecule has 2 nitrogen and oxygen atoms in total. The molecule has 0 radical (unpaired) electrons. The summed E-state index contributed by atoms with van der Waals surface area (Å²) in [7, 11) is 0. The minimum atomic E-state index is 0.139. The van der Waals surface area contributed by atoms with E-state index >= 15 is 0 Å². The van der Waals surface area contributed by atoms with E-state index in [0.717, 1.165) is 11.3 Å². The molecule has 1 atom stereocenters. The molecule has 2 rings (SSSR count). The van der Waals surface area contributed by atoms with E-state index < -0.39 is 0 Å². The van der Waals surface area contributed by atoms with E-state index in [1.165, 1.54) is 0 Å². The van der Waals surface area contributed by atoms with E-state index in [0.29, 0.717) is 16.6 Å². The molecule has 1 unspecified atom stereocenters. The van der Waals surface area contributed by atoms with Gasteiger partial charge in [-0.3, -0.25) is 0 Å². The van der Waals surface area contributed by atoms with E-state index in [9.17, 15) is 0 Å². The van der Waals surface area contributed by atoms with E-state index in [4.69, 9.17) is 27.6 Å². The number of furan rings is 1. The van der Waals surface area contributed by atoms with Gasteiger partial charge in [-0.05, 0) is 30.7 Å². The third-order valence-electron chi connectivity index (χ3n) is 2.60. The SMILES string of the molecule is CC(NCc1cccc(Cl)c1Cl)c1ccco1. The molecule has 0 saturated carbocycles. The average molecular weight is 270 g/mol. The maximum atomic E-state index is 6.11. The molecule has 2 aromatic rings. The van der Waals surface area contributed by atoms with Crippen LogP contribution in [0.15, 0.2) is 41.0 Å². The van der Waals surface area contributed by atoms with Gasteiger partial charge in [-0.15, -0.1) is 0 Å². The Balaban J connectivity index is 2.00. The lowest BCUT2D eigenvalue weighted by atomic mass is 10.2. The quantitative estimate of drug-likeness (QED) is 0.888. The minimum Gasteiger partial charge on any atom is -0.468 e. The molecule has 0 amide bonds. The maximum Gasteiger partial charge on any atom is 0.120 e. The van der Waals surface area contributed by atoms with Gasteiger partial charge in [0.1, 0.15) is 5.76 Å². The van der Waals surface area contributed by atoms with Crippen molar-refractivity contribution >= 4 is 23.2 Å². The Morgan fingerprint density at radius 3 is 2.76 bits per heavy atom. The van der Waals surface area contributed by atoms with E-state index in [2.05, 4.69) is 5.32 Å². The third kappa shape index (κ3) is 3.03. The van der Waals surface area contributed by atoms with Crippen molar-refractivity contribution in [3.8, 4) is 0 Å². The smallest absolute Gasteiger partial charge is 0.120 e. The standard InChI is InChI=1S/C13H13Cl2NO/c1-9(12-6-3-7-17-12)16-8-10-4-2-5-11(14)13(10)15/h2-7,9,16H,8H2,1H3. The zero-order valence-corrected chi connectivity index (χ0v) is 10.9. The molecule has 0 aliphatic rings. The molecule has 1 aromatic heterocycles. The van der Waals surface area contributed by atoms with Crippen molar-refractivity contribution in [3.63, 3.8) is 0 Å². The number of hydrogen-bond acceptors (Lipinski definition) is 2. The average Bonchev–Trinajstić information content (AvgIpc) is 2.84. The molecule has 17 heavy (non-hydrogen) atoms. The summed E-state index contributed by atoms with van der Waals surface area (Å²) < 4.78 is 5.32. The monoisotopic (exact) mass is 269 g/mol. The summed E-state index contributed by atoms with van der Waals surface area (Å²) in [4.78, 5) is 0. The molecule has 1 heterocycles. The van der Waals surface area contributed by atoms with Gasteiger partial charge in [0.15, 0.2) is 0 Å². The first kappa shape index (κ1) is 12.5. The van der Waals surface area contributed by atoms with Gasteiger partial charge in [0.2, 0.25) is 0 Å². The van der Waals surface area contributed by atoms with Gasteiger partial charge in [-0.25, -0.2) is 0 Å². The van der Waals surface area contributed by atoms with Crippen molar-refractivity contribution in [3.05, 3.63) is 58.0 Å². The maximum absolute atomic E-state index is 6.11. The summed E-state index contributed by atoms with van der Waals surface area (Å²) in [5, 5.41) is 4.52. The Labute approximate surface area is 111 Å². The molecule has 0 saturated heterocycles. The van der Waals surface area contributed by atoms with Crippen LogP contribution < -0.4 is 5.32 Å². The molecule has 0 fully saturated rings. The summed E-state index contributed by atoms with van der Waals surface area (Å²) in [5.41, 5.74) is 0.984. The summed E-state index contributed by atoms with van der Waals surface area (Å²) in [6, 6.07) is 9.58. The third-order valence-corrected chi connectivity index (χ3v) is 3.46. The van der Waals surface area contributed by atoms with Gasteiger partial charge in [0.25, 0.3) is 0 Å². The Morgan fingerprint density at radius 1 is 1.24 bits per heavy atom. The lowest BCUT2D eigenvalue weighted by molar-refractivity contribution is 0.430. The first-order valence-corrected chi connectivity index (χ1v) is 6.13. The van der Waals surface area contributed by atoms with Gasteiger partial charge < -0.3 is 9.73 Å². The highest BCUT2D eigenvalue weighted by Crippen LogP contribution is 2.26. The highest BCUT2D eigenvalue weighted by Gasteiger charge is 2.09. The number of halogens is 2. The largest absolute Gasteiger partial charge is 0.468 e. The van der Waals surface area contributed by atoms with E-state index in [1.807, 2.05) is 31.2 Å². The molecule has 0 aliphatic heterocycles. The normalized spacial score (nSPS) is 12.6. The van der Waals surface area contributed by atoms with Crippen LogP contribution in [0, 0.1) is 0 Å². The predicted octanol–water partition coefficient (Wildman–Crippen LogP) is 4.44. The zero-order chi connectivity index (χ0) is 12.3. The van der Waals surface area contributed by atoms with Gasteiger partial charge in [0, 0.05) is 6.54 Å². The summed E-state index contributed by atoms with van der Waals surface area (Å²) in [5.74, 6) is 0.906. The molecule has 4 heteroatoms. The topological polar surface area (TPSA) is 25.2 Å². The fraction of sp³-hybridized carbons (Fsp3) is 0.231. The number of hydrogen-bond donors (Lipinski definition) is 1. The fourth-order valence-electron chi connectivity index (χ4n) is 1.59. The molecule has 1 N–H and O–H groups in total. The molecular weight excluding hydrogens is 257 g/mol. The lowest BCUT2D eigenvalue weighted by Crippen LogP contribution is -2.17. The van der Waals surface area contributed by atoms with E-state index in [-0.39, 0.29) is 6.04 Å². The van der Waals surface area contributed by atoms with Crippen molar-refractivity contribution in [2.45, 2.75) is 19.5 Å². The molecule has 0 spiro atoms. The van der Waals surface area contributed by atoms with Crippen LogP contribution >= 0.6 is 23.2 Å². The Hall–Kier alpha value is -0.960. The second kappa shape index (κ2) is 5.58.